The molecule has 2 bridgehead atoms. The Bertz CT molecular complexity index is 1830. The molecule has 0 spiro atoms. The maximum atomic E-state index is 15.3. The largest absolute Gasteiger partial charge is 0.489 e. The second kappa shape index (κ2) is 12.9. The number of benzene rings is 2. The van der Waals surface area contributed by atoms with E-state index in [9.17, 15) is 20.5 Å². The Labute approximate surface area is 292 Å². The molecule has 0 saturated heterocycles. The predicted octanol–water partition coefficient (Wildman–Crippen LogP) is 4.39. The van der Waals surface area contributed by atoms with Crippen LogP contribution in [-0.4, -0.2) is 62.2 Å². The van der Waals surface area contributed by atoms with Crippen molar-refractivity contribution in [1.29, 1.82) is 0 Å². The summed E-state index contributed by atoms with van der Waals surface area (Å²) in [4.78, 5) is 19.8. The molecule has 49 heavy (non-hydrogen) atoms. The van der Waals surface area contributed by atoms with Crippen molar-refractivity contribution >= 4 is 44.2 Å². The Morgan fingerprint density at radius 2 is 1.88 bits per heavy atom. The summed E-state index contributed by atoms with van der Waals surface area (Å²) in [5, 5.41) is 44.3. The molecule has 12 nitrogen and oxygen atoms in total. The van der Waals surface area contributed by atoms with E-state index >= 15 is 4.79 Å². The summed E-state index contributed by atoms with van der Waals surface area (Å²) in [6, 6.07) is 7.12. The van der Waals surface area contributed by atoms with E-state index in [1.807, 2.05) is 12.1 Å². The van der Waals surface area contributed by atoms with E-state index in [4.69, 9.17) is 25.4 Å². The Morgan fingerprint density at radius 1 is 1.14 bits per heavy atom. The van der Waals surface area contributed by atoms with Crippen LogP contribution in [0.4, 0.5) is 5.69 Å². The number of nitrogens with zero attached hydrogens (tertiary/aromatic N) is 1. The lowest BCUT2D eigenvalue weighted by Gasteiger charge is -2.41. The normalized spacial score (nSPS) is 27.0. The lowest BCUT2D eigenvalue weighted by atomic mass is 9.70. The first-order valence-electron chi connectivity index (χ1n) is 16.8. The van der Waals surface area contributed by atoms with Gasteiger partial charge in [0.05, 0.1) is 24.0 Å². The summed E-state index contributed by atoms with van der Waals surface area (Å²) in [6.07, 6.45) is 3.94. The average molecular weight is 713 g/mol. The number of aliphatic imine (C=N–C) groups is 1. The molecule has 14 heteroatoms. The highest BCUT2D eigenvalue weighted by atomic mass is 33.1. The number of ether oxygens (including phenoxy) is 2. The summed E-state index contributed by atoms with van der Waals surface area (Å²) in [6.45, 7) is 2.96. The molecular formula is C35H44N4O8S2. The Hall–Kier alpha value is -3.14. The smallest absolute Gasteiger partial charge is 0.200 e. The van der Waals surface area contributed by atoms with E-state index in [1.54, 1.807) is 26.0 Å². The molecule has 4 atom stereocenters. The van der Waals surface area contributed by atoms with Gasteiger partial charge in [0.2, 0.25) is 5.43 Å². The summed E-state index contributed by atoms with van der Waals surface area (Å²) in [5.74, 6) is 1.01. The van der Waals surface area contributed by atoms with Gasteiger partial charge in [-0.2, -0.15) is 0 Å². The van der Waals surface area contributed by atoms with Crippen molar-refractivity contribution in [3.05, 3.63) is 62.5 Å². The third-order valence-corrected chi connectivity index (χ3v) is 12.9. The van der Waals surface area contributed by atoms with Crippen molar-refractivity contribution in [3.8, 4) is 11.5 Å². The number of fused-ring (bicyclic) bond motifs is 2. The Kier molecular flexibility index (Phi) is 9.02. The van der Waals surface area contributed by atoms with Gasteiger partial charge in [-0.25, -0.2) is 4.99 Å². The zero-order chi connectivity index (χ0) is 34.7. The van der Waals surface area contributed by atoms with Gasteiger partial charge in [-0.1, -0.05) is 33.7 Å². The van der Waals surface area contributed by atoms with E-state index in [0.717, 1.165) is 36.8 Å². The SMILES string of the molecule is CC(C)(O)[C@@H]1Cc2c(c3c4oc5c(c(=O)c4c2OC2CCCC2)[C@@H](c2ccc(NO)cc2)CC[C@@]5(O)C[C@](CO)(N=C(N)N)CSSC3)O1. The number of hydrogen-bond acceptors (Lipinski definition) is 12. The molecule has 1 saturated carbocycles. The summed E-state index contributed by atoms with van der Waals surface area (Å²) >= 11 is 0. The lowest BCUT2D eigenvalue weighted by molar-refractivity contribution is -0.0360. The van der Waals surface area contributed by atoms with E-state index in [1.165, 1.54) is 21.6 Å². The van der Waals surface area contributed by atoms with Crippen molar-refractivity contribution in [3.63, 3.8) is 0 Å². The zero-order valence-electron chi connectivity index (χ0n) is 27.7. The first kappa shape index (κ1) is 34.3. The Morgan fingerprint density at radius 3 is 2.53 bits per heavy atom. The lowest BCUT2D eigenvalue weighted by Crippen LogP contribution is -2.47. The van der Waals surface area contributed by atoms with Gasteiger partial charge >= 0.3 is 0 Å². The minimum Gasteiger partial charge on any atom is -0.489 e. The third-order valence-electron chi connectivity index (χ3n) is 10.5. The molecule has 2 aliphatic heterocycles. The number of guanidine groups is 1. The van der Waals surface area contributed by atoms with Gasteiger partial charge in [0.15, 0.2) is 5.96 Å². The number of anilines is 1. The summed E-state index contributed by atoms with van der Waals surface area (Å²) in [7, 11) is 2.93. The van der Waals surface area contributed by atoms with Gasteiger partial charge in [0, 0.05) is 47.0 Å². The highest BCUT2D eigenvalue weighted by molar-refractivity contribution is 8.76. The highest BCUT2D eigenvalue weighted by Crippen LogP contribution is 2.54. The van der Waals surface area contributed by atoms with Gasteiger partial charge in [0.1, 0.15) is 45.5 Å². The van der Waals surface area contributed by atoms with Crippen LogP contribution in [0, 0.1) is 0 Å². The molecule has 2 aromatic carbocycles. The number of hydrogen-bond donors (Lipinski definition) is 7. The first-order valence-corrected chi connectivity index (χ1v) is 19.3. The minimum absolute atomic E-state index is 0.0854. The Balaban J connectivity index is 1.54. The summed E-state index contributed by atoms with van der Waals surface area (Å²) < 4.78 is 20.2. The molecule has 7 rings (SSSR count). The van der Waals surface area contributed by atoms with E-state index in [2.05, 4.69) is 10.5 Å². The monoisotopic (exact) mass is 712 g/mol. The van der Waals surface area contributed by atoms with Crippen molar-refractivity contribution in [2.45, 2.75) is 106 Å². The fraction of sp³-hybridized carbons (Fsp3) is 0.543. The number of aliphatic hydroxyl groups is 3. The maximum absolute atomic E-state index is 15.3. The zero-order valence-corrected chi connectivity index (χ0v) is 29.3. The van der Waals surface area contributed by atoms with Gasteiger partial charge in [-0.05, 0) is 70.1 Å². The van der Waals surface area contributed by atoms with E-state index < -0.39 is 35.4 Å². The second-order valence-electron chi connectivity index (χ2n) is 14.5. The van der Waals surface area contributed by atoms with Crippen LogP contribution in [0.15, 0.2) is 38.5 Å². The molecule has 3 heterocycles. The van der Waals surface area contributed by atoms with Crippen LogP contribution in [0.5, 0.6) is 11.5 Å². The topological polar surface area (TPSA) is 206 Å². The molecule has 0 unspecified atom stereocenters. The van der Waals surface area contributed by atoms with Crippen molar-refractivity contribution in [2.75, 3.05) is 17.8 Å². The van der Waals surface area contributed by atoms with Crippen LogP contribution in [-0.2, 0) is 17.8 Å². The molecule has 2 aliphatic carbocycles. The van der Waals surface area contributed by atoms with E-state index in [0.29, 0.717) is 52.3 Å². The number of nitrogens with two attached hydrogens (primary N) is 2. The predicted molar refractivity (Wildman–Crippen MR) is 191 cm³/mol. The molecule has 0 radical (unpaired) electrons. The molecule has 3 aromatic rings. The molecule has 0 amide bonds. The van der Waals surface area contributed by atoms with Gasteiger partial charge in [-0.15, -0.1) is 0 Å². The van der Waals surface area contributed by atoms with Gasteiger partial charge < -0.3 is 40.7 Å². The molecule has 264 valence electrons. The van der Waals surface area contributed by atoms with Gasteiger partial charge in [0.25, 0.3) is 0 Å². The number of aliphatic hydroxyl groups excluding tert-OH is 1. The van der Waals surface area contributed by atoms with Crippen LogP contribution in [0.2, 0.25) is 0 Å². The number of nitrogens with one attached hydrogen (secondary N) is 1. The number of rotatable bonds is 7. The fourth-order valence-electron chi connectivity index (χ4n) is 7.96. The van der Waals surface area contributed by atoms with Crippen LogP contribution in [0.1, 0.15) is 92.7 Å². The standard InChI is InChI=1S/C35H44N4O8S2/c1-33(2,42)24-13-22-28(46-24)23-14-48-49-17-34(16-40,38-32(36)37)15-35(43)12-11-21(18-7-9-19(39-44)10-8-18)25-27(41)26(30(23)47-31(25)35)29(22)45-20-5-3-4-6-20/h7-10,20-21,24,39-40,42-44H,3-6,11-17H2,1-2H3,(H4,36,37,38)/t21-,24+,34-,35-/m1/s1. The van der Waals surface area contributed by atoms with Crippen LogP contribution >= 0.6 is 21.6 Å². The van der Waals surface area contributed by atoms with Crippen molar-refractivity contribution < 1.29 is 34.4 Å². The van der Waals surface area contributed by atoms with Crippen molar-refractivity contribution in [2.24, 2.45) is 16.5 Å². The molecule has 1 aromatic heterocycles. The maximum Gasteiger partial charge on any atom is 0.200 e. The molecule has 1 fully saturated rings. The highest BCUT2D eigenvalue weighted by Gasteiger charge is 2.50. The molecular weight excluding hydrogens is 669 g/mol. The van der Waals surface area contributed by atoms with Gasteiger partial charge in [-0.3, -0.25) is 15.5 Å². The average Bonchev–Trinajstić information content (AvgIpc) is 3.74. The summed E-state index contributed by atoms with van der Waals surface area (Å²) in [5.41, 5.74) is 12.7. The minimum atomic E-state index is -1.72. The fourth-order valence-corrected chi connectivity index (χ4v) is 10.5. The van der Waals surface area contributed by atoms with Crippen molar-refractivity contribution in [1.82, 2.24) is 0 Å². The van der Waals surface area contributed by atoms with Crippen LogP contribution < -0.4 is 31.8 Å². The third kappa shape index (κ3) is 6.14. The first-order chi connectivity index (χ1) is 23.4. The van der Waals surface area contributed by atoms with Crippen LogP contribution in [0.25, 0.3) is 11.0 Å². The molecule has 4 aliphatic rings. The second-order valence-corrected chi connectivity index (χ2v) is 16.9. The van der Waals surface area contributed by atoms with E-state index in [-0.39, 0.29) is 47.4 Å². The quantitative estimate of drug-likeness (QED) is 0.0787. The van der Waals surface area contributed by atoms with Crippen LogP contribution in [0.3, 0.4) is 0 Å². The molecule has 9 N–H and O–H groups in total.